The van der Waals surface area contributed by atoms with Crippen molar-refractivity contribution in [2.75, 3.05) is 6.54 Å². The Labute approximate surface area is 168 Å². The molecule has 0 spiro atoms. The second-order valence-corrected chi connectivity index (χ2v) is 8.69. The molecule has 5 rings (SSSR count). The highest BCUT2D eigenvalue weighted by Crippen LogP contribution is 2.52. The number of para-hydroxylation sites is 2. The van der Waals surface area contributed by atoms with Gasteiger partial charge in [0.2, 0.25) is 17.7 Å². The summed E-state index contributed by atoms with van der Waals surface area (Å²) in [6.45, 7) is 3.77. The summed E-state index contributed by atoms with van der Waals surface area (Å²) in [5.41, 5.74) is 1.74. The first-order valence-electron chi connectivity index (χ1n) is 10.2. The molecule has 1 saturated heterocycles. The molecule has 150 valence electrons. The van der Waals surface area contributed by atoms with E-state index in [1.165, 1.54) is 0 Å². The molecule has 7 heteroatoms. The highest BCUT2D eigenvalue weighted by Gasteiger charge is 2.59. The Morgan fingerprint density at radius 2 is 1.83 bits per heavy atom. The van der Waals surface area contributed by atoms with Gasteiger partial charge >= 0.3 is 0 Å². The molecule has 0 unspecified atom stereocenters. The largest absolute Gasteiger partial charge is 0.344 e. The maximum Gasteiger partial charge on any atom is 0.240 e. The lowest BCUT2D eigenvalue weighted by atomic mass is 9.85. The molecular weight excluding hydrogens is 368 g/mol. The number of imide groups is 1. The van der Waals surface area contributed by atoms with Gasteiger partial charge in [-0.05, 0) is 36.3 Å². The van der Waals surface area contributed by atoms with E-state index in [-0.39, 0.29) is 59.9 Å². The maximum atomic E-state index is 12.8. The van der Waals surface area contributed by atoms with Gasteiger partial charge in [0.25, 0.3) is 0 Å². The van der Waals surface area contributed by atoms with E-state index in [0.717, 1.165) is 22.4 Å². The van der Waals surface area contributed by atoms with Gasteiger partial charge in [0, 0.05) is 0 Å². The van der Waals surface area contributed by atoms with Crippen molar-refractivity contribution < 1.29 is 14.4 Å². The number of imidazole rings is 1. The van der Waals surface area contributed by atoms with Gasteiger partial charge in [0.1, 0.15) is 12.4 Å². The molecule has 1 aromatic heterocycles. The van der Waals surface area contributed by atoms with E-state index in [0.29, 0.717) is 5.82 Å². The number of hydrogen-bond donors (Lipinski definition) is 2. The standard InChI is InChI=1S/C22H24N4O3/c1-11(2)19(20-23-14-5-3-4-6-15(14)24-20)25-16(27)10-26-21(28)17-12-7-8-13(9-12)18(17)22(26)29/h3-8,11-13,17-19H,9-10H2,1-2H3,(H,23,24)(H,25,27)/t12-,13-,17+,18+,19-/m0/s1. The Bertz CT molecular complexity index is 977. The van der Waals surface area contributed by atoms with Gasteiger partial charge < -0.3 is 10.3 Å². The van der Waals surface area contributed by atoms with Crippen molar-refractivity contribution in [3.8, 4) is 0 Å². The summed E-state index contributed by atoms with van der Waals surface area (Å²) >= 11 is 0. The molecule has 1 saturated carbocycles. The zero-order valence-electron chi connectivity index (χ0n) is 16.5. The number of nitrogens with one attached hydrogen (secondary N) is 2. The van der Waals surface area contributed by atoms with Crippen molar-refractivity contribution in [3.05, 3.63) is 42.2 Å². The van der Waals surface area contributed by atoms with Gasteiger partial charge in [-0.3, -0.25) is 19.3 Å². The smallest absolute Gasteiger partial charge is 0.240 e. The number of allylic oxidation sites excluding steroid dienone is 2. The summed E-state index contributed by atoms with van der Waals surface area (Å²) in [5, 5.41) is 2.97. The highest BCUT2D eigenvalue weighted by atomic mass is 16.2. The lowest BCUT2D eigenvalue weighted by Crippen LogP contribution is -2.43. The molecule has 1 aliphatic heterocycles. The third kappa shape index (κ3) is 2.79. The van der Waals surface area contributed by atoms with Gasteiger partial charge in [-0.15, -0.1) is 0 Å². The number of amides is 3. The van der Waals surface area contributed by atoms with Crippen LogP contribution < -0.4 is 5.32 Å². The van der Waals surface area contributed by atoms with Gasteiger partial charge in [0.05, 0.1) is 28.9 Å². The van der Waals surface area contributed by atoms with Crippen LogP contribution in [0.25, 0.3) is 11.0 Å². The zero-order chi connectivity index (χ0) is 20.3. The predicted octanol–water partition coefficient (Wildman–Crippen LogP) is 2.18. The lowest BCUT2D eigenvalue weighted by Gasteiger charge is -2.22. The van der Waals surface area contributed by atoms with Crippen molar-refractivity contribution in [1.29, 1.82) is 0 Å². The van der Waals surface area contributed by atoms with Crippen molar-refractivity contribution in [1.82, 2.24) is 20.2 Å². The lowest BCUT2D eigenvalue weighted by molar-refractivity contribution is -0.144. The number of aromatic amines is 1. The minimum Gasteiger partial charge on any atom is -0.344 e. The summed E-state index contributed by atoms with van der Waals surface area (Å²) < 4.78 is 0. The van der Waals surface area contributed by atoms with Crippen molar-refractivity contribution >= 4 is 28.8 Å². The van der Waals surface area contributed by atoms with Crippen LogP contribution in [0, 0.1) is 29.6 Å². The summed E-state index contributed by atoms with van der Waals surface area (Å²) in [7, 11) is 0. The predicted molar refractivity (Wildman–Crippen MR) is 106 cm³/mol. The van der Waals surface area contributed by atoms with E-state index < -0.39 is 0 Å². The molecular formula is C22H24N4O3. The number of aromatic nitrogens is 2. The molecule has 3 aliphatic rings. The van der Waals surface area contributed by atoms with Crippen LogP contribution in [0.15, 0.2) is 36.4 Å². The molecule has 2 fully saturated rings. The zero-order valence-corrected chi connectivity index (χ0v) is 16.5. The number of benzene rings is 1. The van der Waals surface area contributed by atoms with E-state index >= 15 is 0 Å². The van der Waals surface area contributed by atoms with E-state index in [4.69, 9.17) is 0 Å². The Morgan fingerprint density at radius 1 is 1.17 bits per heavy atom. The average molecular weight is 392 g/mol. The first kappa shape index (κ1) is 18.1. The second-order valence-electron chi connectivity index (χ2n) is 8.69. The van der Waals surface area contributed by atoms with Crippen molar-refractivity contribution in [3.63, 3.8) is 0 Å². The molecule has 2 aliphatic carbocycles. The average Bonchev–Trinajstić information content (AvgIpc) is 3.45. The summed E-state index contributed by atoms with van der Waals surface area (Å²) in [6.07, 6.45) is 4.99. The molecule has 2 bridgehead atoms. The molecule has 7 nitrogen and oxygen atoms in total. The number of carbonyl (C=O) groups is 3. The Balaban J connectivity index is 1.31. The molecule has 2 N–H and O–H groups in total. The summed E-state index contributed by atoms with van der Waals surface area (Å²) in [5.74, 6) is -0.235. The van der Waals surface area contributed by atoms with Crippen LogP contribution in [0.1, 0.15) is 32.1 Å². The van der Waals surface area contributed by atoms with Crippen LogP contribution in [0.5, 0.6) is 0 Å². The number of carbonyl (C=O) groups excluding carboxylic acids is 3. The molecule has 1 aromatic carbocycles. The number of likely N-dealkylation sites (tertiary alicyclic amines) is 1. The van der Waals surface area contributed by atoms with Crippen molar-refractivity contribution in [2.24, 2.45) is 29.6 Å². The molecule has 2 aromatic rings. The van der Waals surface area contributed by atoms with Gasteiger partial charge in [0.15, 0.2) is 0 Å². The summed E-state index contributed by atoms with van der Waals surface area (Å²) in [4.78, 5) is 47.4. The van der Waals surface area contributed by atoms with E-state index in [1.54, 1.807) is 0 Å². The maximum absolute atomic E-state index is 12.8. The Hall–Kier alpha value is -2.96. The fourth-order valence-electron chi connectivity index (χ4n) is 5.15. The Morgan fingerprint density at radius 3 is 2.45 bits per heavy atom. The first-order chi connectivity index (χ1) is 13.9. The highest BCUT2D eigenvalue weighted by molar-refractivity contribution is 6.08. The fraction of sp³-hybridized carbons (Fsp3) is 0.455. The Kier molecular flexibility index (Phi) is 4.08. The van der Waals surface area contributed by atoms with Gasteiger partial charge in [-0.1, -0.05) is 38.1 Å². The van der Waals surface area contributed by atoms with Crippen LogP contribution in [0.3, 0.4) is 0 Å². The van der Waals surface area contributed by atoms with Crippen LogP contribution in [0.4, 0.5) is 0 Å². The molecule has 5 atom stereocenters. The minimum atomic E-state index is -0.342. The van der Waals surface area contributed by atoms with Crippen molar-refractivity contribution in [2.45, 2.75) is 26.3 Å². The molecule has 0 radical (unpaired) electrons. The van der Waals surface area contributed by atoms with Crippen LogP contribution in [0.2, 0.25) is 0 Å². The fourth-order valence-corrected chi connectivity index (χ4v) is 5.15. The molecule has 29 heavy (non-hydrogen) atoms. The third-order valence-corrected chi connectivity index (χ3v) is 6.55. The van der Waals surface area contributed by atoms with Crippen LogP contribution >= 0.6 is 0 Å². The van der Waals surface area contributed by atoms with E-state index in [1.807, 2.05) is 38.1 Å². The SMILES string of the molecule is CC(C)[C@H](NC(=O)CN1C(=O)[C@H]2[C@H](C1=O)[C@H]1C=C[C@H]2C1)c1nc2ccccc2[nH]1. The van der Waals surface area contributed by atoms with E-state index in [9.17, 15) is 14.4 Å². The van der Waals surface area contributed by atoms with Crippen LogP contribution in [-0.2, 0) is 14.4 Å². The third-order valence-electron chi connectivity index (χ3n) is 6.55. The van der Waals surface area contributed by atoms with Crippen LogP contribution in [-0.4, -0.2) is 39.1 Å². The minimum absolute atomic E-state index is 0.0870. The van der Waals surface area contributed by atoms with E-state index in [2.05, 4.69) is 27.4 Å². The first-order valence-corrected chi connectivity index (χ1v) is 10.2. The topological polar surface area (TPSA) is 95.2 Å². The number of fused-ring (bicyclic) bond motifs is 6. The number of H-pyrrole nitrogens is 1. The van der Waals surface area contributed by atoms with Gasteiger partial charge in [-0.2, -0.15) is 0 Å². The molecule has 2 heterocycles. The normalized spacial score (nSPS) is 28.6. The number of hydrogen-bond acceptors (Lipinski definition) is 4. The number of rotatable bonds is 5. The van der Waals surface area contributed by atoms with Gasteiger partial charge in [-0.25, -0.2) is 4.98 Å². The number of nitrogens with zero attached hydrogens (tertiary/aromatic N) is 2. The quantitative estimate of drug-likeness (QED) is 0.602. The summed E-state index contributed by atoms with van der Waals surface area (Å²) in [6, 6.07) is 7.36. The molecule has 3 amide bonds. The monoisotopic (exact) mass is 392 g/mol. The second kappa shape index (κ2) is 6.54.